The van der Waals surface area contributed by atoms with Gasteiger partial charge in [-0.3, -0.25) is 9.59 Å². The van der Waals surface area contributed by atoms with Crippen LogP contribution in [0.2, 0.25) is 0 Å². The number of amides is 2. The average molecular weight is 448 g/mol. The first-order valence-corrected chi connectivity index (χ1v) is 10.5. The maximum atomic E-state index is 13.1. The van der Waals surface area contributed by atoms with E-state index >= 15 is 0 Å². The molecular formula is C26H29N3O4. The Morgan fingerprint density at radius 3 is 2.21 bits per heavy atom. The molecular weight excluding hydrogens is 418 g/mol. The molecule has 1 unspecified atom stereocenters. The van der Waals surface area contributed by atoms with E-state index in [1.165, 1.54) is 7.11 Å². The standard InChI is InChI=1S/C26H29N3O4/c1-17(18-9-7-6-8-10-18)27-26(31)22-15-19(11-14-23(22)29(2)3)28-25(30)21-13-12-20(32-4)16-24(21)33-5/h6-17H,1-5H3,(H,27,31)(H,28,30). The van der Waals surface area contributed by atoms with Crippen molar-refractivity contribution >= 4 is 23.2 Å². The number of hydrogen-bond donors (Lipinski definition) is 2. The topological polar surface area (TPSA) is 79.9 Å². The monoisotopic (exact) mass is 447 g/mol. The van der Waals surface area contributed by atoms with Crippen LogP contribution in [0.3, 0.4) is 0 Å². The van der Waals surface area contributed by atoms with Crippen LogP contribution in [0.25, 0.3) is 0 Å². The Balaban J connectivity index is 1.85. The molecule has 2 amide bonds. The molecule has 0 heterocycles. The van der Waals surface area contributed by atoms with Crippen molar-refractivity contribution in [2.75, 3.05) is 38.5 Å². The van der Waals surface area contributed by atoms with Gasteiger partial charge in [0, 0.05) is 31.5 Å². The first-order valence-electron chi connectivity index (χ1n) is 10.5. The van der Waals surface area contributed by atoms with Crippen LogP contribution >= 0.6 is 0 Å². The van der Waals surface area contributed by atoms with Gasteiger partial charge in [-0.1, -0.05) is 30.3 Å². The molecule has 7 heteroatoms. The average Bonchev–Trinajstić information content (AvgIpc) is 2.83. The number of nitrogens with zero attached hydrogens (tertiary/aromatic N) is 1. The molecule has 2 N–H and O–H groups in total. The Hall–Kier alpha value is -4.00. The summed E-state index contributed by atoms with van der Waals surface area (Å²) < 4.78 is 10.5. The van der Waals surface area contributed by atoms with Gasteiger partial charge in [0.05, 0.1) is 31.4 Å². The van der Waals surface area contributed by atoms with E-state index in [1.807, 2.05) is 62.3 Å². The van der Waals surface area contributed by atoms with E-state index in [-0.39, 0.29) is 17.9 Å². The van der Waals surface area contributed by atoms with E-state index in [0.717, 1.165) is 11.3 Å². The van der Waals surface area contributed by atoms with E-state index in [4.69, 9.17) is 9.47 Å². The number of nitrogens with one attached hydrogen (secondary N) is 2. The Kier molecular flexibility index (Phi) is 7.56. The van der Waals surface area contributed by atoms with E-state index in [0.29, 0.717) is 28.3 Å². The molecule has 0 radical (unpaired) electrons. The fourth-order valence-electron chi connectivity index (χ4n) is 3.47. The highest BCUT2D eigenvalue weighted by Gasteiger charge is 2.19. The highest BCUT2D eigenvalue weighted by molar-refractivity contribution is 6.08. The molecule has 1 atom stereocenters. The van der Waals surface area contributed by atoms with Crippen LogP contribution in [0.15, 0.2) is 66.7 Å². The van der Waals surface area contributed by atoms with Crippen molar-refractivity contribution in [2.45, 2.75) is 13.0 Å². The Bertz CT molecular complexity index is 1130. The number of carbonyl (C=O) groups is 2. The predicted molar refractivity (Wildman–Crippen MR) is 131 cm³/mol. The summed E-state index contributed by atoms with van der Waals surface area (Å²) in [6.45, 7) is 1.93. The third-order valence-electron chi connectivity index (χ3n) is 5.28. The molecule has 0 spiro atoms. The van der Waals surface area contributed by atoms with Crippen molar-refractivity contribution in [3.05, 3.63) is 83.4 Å². The van der Waals surface area contributed by atoms with Crippen LogP contribution in [0, 0.1) is 0 Å². The summed E-state index contributed by atoms with van der Waals surface area (Å²) in [5, 5.41) is 5.90. The maximum absolute atomic E-state index is 13.1. The molecule has 0 aliphatic carbocycles. The van der Waals surface area contributed by atoms with E-state index in [1.54, 1.807) is 37.4 Å². The number of carbonyl (C=O) groups excluding carboxylic acids is 2. The number of benzene rings is 3. The van der Waals surface area contributed by atoms with Crippen molar-refractivity contribution in [1.29, 1.82) is 0 Å². The third-order valence-corrected chi connectivity index (χ3v) is 5.28. The lowest BCUT2D eigenvalue weighted by Gasteiger charge is -2.21. The summed E-state index contributed by atoms with van der Waals surface area (Å²) >= 11 is 0. The van der Waals surface area contributed by atoms with Gasteiger partial charge >= 0.3 is 0 Å². The fourth-order valence-corrected chi connectivity index (χ4v) is 3.47. The highest BCUT2D eigenvalue weighted by Crippen LogP contribution is 2.27. The Labute approximate surface area is 194 Å². The minimum Gasteiger partial charge on any atom is -0.497 e. The normalized spacial score (nSPS) is 11.3. The predicted octanol–water partition coefficient (Wildman–Crippen LogP) is 4.51. The summed E-state index contributed by atoms with van der Waals surface area (Å²) in [6, 6.07) is 19.8. The van der Waals surface area contributed by atoms with Gasteiger partial charge in [-0.25, -0.2) is 0 Å². The van der Waals surface area contributed by atoms with E-state index in [2.05, 4.69) is 10.6 Å². The smallest absolute Gasteiger partial charge is 0.259 e. The maximum Gasteiger partial charge on any atom is 0.259 e. The van der Waals surface area contributed by atoms with Crippen LogP contribution < -0.4 is 25.0 Å². The Morgan fingerprint density at radius 2 is 1.58 bits per heavy atom. The molecule has 3 rings (SSSR count). The molecule has 0 fully saturated rings. The molecule has 0 aliphatic heterocycles. The largest absolute Gasteiger partial charge is 0.497 e. The lowest BCUT2D eigenvalue weighted by atomic mass is 10.1. The molecule has 7 nitrogen and oxygen atoms in total. The van der Waals surface area contributed by atoms with Crippen molar-refractivity contribution in [2.24, 2.45) is 0 Å². The second-order valence-corrected chi connectivity index (χ2v) is 7.75. The molecule has 3 aromatic rings. The zero-order chi connectivity index (χ0) is 24.0. The minimum atomic E-state index is -0.351. The number of methoxy groups -OCH3 is 2. The molecule has 3 aromatic carbocycles. The summed E-state index contributed by atoms with van der Waals surface area (Å²) in [5.74, 6) is 0.404. The van der Waals surface area contributed by atoms with Crippen LogP contribution in [-0.4, -0.2) is 40.1 Å². The van der Waals surface area contributed by atoms with Gasteiger partial charge in [-0.05, 0) is 42.8 Å². The molecule has 0 aromatic heterocycles. The number of anilines is 2. The lowest BCUT2D eigenvalue weighted by molar-refractivity contribution is 0.0939. The van der Waals surface area contributed by atoms with Gasteiger partial charge in [-0.2, -0.15) is 0 Å². The van der Waals surface area contributed by atoms with Gasteiger partial charge in [-0.15, -0.1) is 0 Å². The zero-order valence-corrected chi connectivity index (χ0v) is 19.5. The van der Waals surface area contributed by atoms with E-state index in [9.17, 15) is 9.59 Å². The van der Waals surface area contributed by atoms with Crippen molar-refractivity contribution < 1.29 is 19.1 Å². The van der Waals surface area contributed by atoms with Crippen molar-refractivity contribution in [3.8, 4) is 11.5 Å². The quantitative estimate of drug-likeness (QED) is 0.531. The number of rotatable bonds is 8. The van der Waals surface area contributed by atoms with Crippen molar-refractivity contribution in [3.63, 3.8) is 0 Å². The second-order valence-electron chi connectivity index (χ2n) is 7.75. The summed E-state index contributed by atoms with van der Waals surface area (Å²) in [7, 11) is 6.78. The number of ether oxygens (including phenoxy) is 2. The lowest BCUT2D eigenvalue weighted by Crippen LogP contribution is -2.28. The fraction of sp³-hybridized carbons (Fsp3) is 0.231. The van der Waals surface area contributed by atoms with Gasteiger partial charge < -0.3 is 25.0 Å². The van der Waals surface area contributed by atoms with Crippen LogP contribution in [0.4, 0.5) is 11.4 Å². The third kappa shape index (κ3) is 5.63. The van der Waals surface area contributed by atoms with E-state index < -0.39 is 0 Å². The highest BCUT2D eigenvalue weighted by atomic mass is 16.5. The second kappa shape index (κ2) is 10.5. The van der Waals surface area contributed by atoms with Gasteiger partial charge in [0.25, 0.3) is 11.8 Å². The van der Waals surface area contributed by atoms with Gasteiger partial charge in [0.2, 0.25) is 0 Å². The SMILES string of the molecule is COc1ccc(C(=O)Nc2ccc(N(C)C)c(C(=O)NC(C)c3ccccc3)c2)c(OC)c1. The summed E-state index contributed by atoms with van der Waals surface area (Å²) in [4.78, 5) is 27.9. The first kappa shape index (κ1) is 23.7. The summed E-state index contributed by atoms with van der Waals surface area (Å²) in [5.41, 5.74) is 3.07. The zero-order valence-electron chi connectivity index (χ0n) is 19.5. The first-order chi connectivity index (χ1) is 15.8. The minimum absolute atomic E-state index is 0.171. The molecule has 172 valence electrons. The Morgan fingerprint density at radius 1 is 0.848 bits per heavy atom. The van der Waals surface area contributed by atoms with Gasteiger partial charge in [0.15, 0.2) is 0 Å². The van der Waals surface area contributed by atoms with Gasteiger partial charge in [0.1, 0.15) is 11.5 Å². The summed E-state index contributed by atoms with van der Waals surface area (Å²) in [6.07, 6.45) is 0. The van der Waals surface area contributed by atoms with Crippen LogP contribution in [-0.2, 0) is 0 Å². The van der Waals surface area contributed by atoms with Crippen LogP contribution in [0.1, 0.15) is 39.2 Å². The molecule has 0 saturated heterocycles. The van der Waals surface area contributed by atoms with Crippen LogP contribution in [0.5, 0.6) is 11.5 Å². The molecule has 0 bridgehead atoms. The molecule has 33 heavy (non-hydrogen) atoms. The molecule has 0 aliphatic rings. The molecule has 0 saturated carbocycles. The number of hydrogen-bond acceptors (Lipinski definition) is 5. The van der Waals surface area contributed by atoms with Crippen molar-refractivity contribution in [1.82, 2.24) is 5.32 Å².